The minimum atomic E-state index is -0.436. The van der Waals surface area contributed by atoms with E-state index in [0.717, 1.165) is 24.9 Å². The highest BCUT2D eigenvalue weighted by Gasteiger charge is 2.33. The molecule has 5 nitrogen and oxygen atoms in total. The molecule has 0 aliphatic carbocycles. The molecule has 1 amide bonds. The van der Waals surface area contributed by atoms with Gasteiger partial charge in [-0.15, -0.1) is 11.3 Å². The van der Waals surface area contributed by atoms with E-state index in [9.17, 15) is 14.3 Å². The SMILES string of the molecule is CC[C@H](C)CN(CC(=O)N1CCc2sccc2[C@@H]1COc1ccc(F)cc1)C[C@@H](O)CC. The molecule has 0 unspecified atom stereocenters. The van der Waals surface area contributed by atoms with E-state index in [1.165, 1.54) is 17.0 Å². The van der Waals surface area contributed by atoms with Crippen molar-refractivity contribution in [2.24, 2.45) is 5.92 Å². The normalized spacial score (nSPS) is 17.8. The minimum Gasteiger partial charge on any atom is -0.491 e. The quantitative estimate of drug-likeness (QED) is 0.534. The van der Waals surface area contributed by atoms with Crippen LogP contribution in [0.1, 0.15) is 50.1 Å². The summed E-state index contributed by atoms with van der Waals surface area (Å²) in [6.45, 7) is 8.82. The van der Waals surface area contributed by atoms with Gasteiger partial charge in [0, 0.05) is 24.5 Å². The molecule has 0 saturated heterocycles. The fourth-order valence-electron chi connectivity index (χ4n) is 4.06. The second kappa shape index (κ2) is 11.8. The van der Waals surface area contributed by atoms with Crippen molar-refractivity contribution in [1.29, 1.82) is 0 Å². The summed E-state index contributed by atoms with van der Waals surface area (Å²) in [6.07, 6.45) is 2.10. The second-order valence-electron chi connectivity index (χ2n) is 8.69. The maximum absolute atomic E-state index is 13.4. The van der Waals surface area contributed by atoms with Crippen LogP contribution in [0.5, 0.6) is 5.75 Å². The van der Waals surface area contributed by atoms with Crippen LogP contribution in [0.4, 0.5) is 4.39 Å². The molecule has 0 spiro atoms. The second-order valence-corrected chi connectivity index (χ2v) is 9.69. The van der Waals surface area contributed by atoms with Gasteiger partial charge >= 0.3 is 0 Å². The summed E-state index contributed by atoms with van der Waals surface area (Å²) in [6, 6.07) is 7.87. The van der Waals surface area contributed by atoms with Crippen molar-refractivity contribution in [2.75, 3.05) is 32.8 Å². The van der Waals surface area contributed by atoms with Gasteiger partial charge in [-0.25, -0.2) is 4.39 Å². The standard InChI is InChI=1S/C25H35FN2O3S/c1-4-18(3)14-27(15-20(29)5-2)16-25(30)28-12-10-24-22(11-13-32-24)23(28)17-31-21-8-6-19(26)7-9-21/h6-9,11,13,18,20,23,29H,4-5,10,12,14-17H2,1-3H3/t18-,20-,23-/m0/s1. The number of fused-ring (bicyclic) bond motifs is 1. The number of aliphatic hydroxyl groups is 1. The number of halogens is 1. The number of rotatable bonds is 11. The lowest BCUT2D eigenvalue weighted by molar-refractivity contribution is -0.136. The molecule has 0 saturated carbocycles. The molecule has 1 aromatic heterocycles. The number of nitrogens with zero attached hydrogens (tertiary/aromatic N) is 2. The minimum absolute atomic E-state index is 0.0566. The van der Waals surface area contributed by atoms with Crippen LogP contribution in [0, 0.1) is 11.7 Å². The van der Waals surface area contributed by atoms with E-state index in [2.05, 4.69) is 30.2 Å². The average molecular weight is 463 g/mol. The monoisotopic (exact) mass is 462 g/mol. The molecule has 2 heterocycles. The van der Waals surface area contributed by atoms with E-state index in [-0.39, 0.29) is 24.3 Å². The maximum atomic E-state index is 13.4. The summed E-state index contributed by atoms with van der Waals surface area (Å²) in [5.74, 6) is 0.795. The van der Waals surface area contributed by atoms with E-state index >= 15 is 0 Å². The Bertz CT molecular complexity index is 845. The number of benzene rings is 1. The van der Waals surface area contributed by atoms with Crippen molar-refractivity contribution in [2.45, 2.75) is 52.2 Å². The van der Waals surface area contributed by atoms with Crippen LogP contribution in [-0.2, 0) is 11.2 Å². The Balaban J connectivity index is 1.73. The Morgan fingerprint density at radius 1 is 1.25 bits per heavy atom. The van der Waals surface area contributed by atoms with Crippen LogP contribution in [0.3, 0.4) is 0 Å². The third-order valence-corrected chi connectivity index (χ3v) is 7.20. The summed E-state index contributed by atoms with van der Waals surface area (Å²) in [4.78, 5) is 18.7. The highest BCUT2D eigenvalue weighted by atomic mass is 32.1. The molecular weight excluding hydrogens is 427 g/mol. The maximum Gasteiger partial charge on any atom is 0.237 e. The molecule has 0 bridgehead atoms. The molecule has 3 rings (SSSR count). The van der Waals surface area contributed by atoms with Crippen molar-refractivity contribution >= 4 is 17.2 Å². The largest absolute Gasteiger partial charge is 0.491 e. The van der Waals surface area contributed by atoms with Gasteiger partial charge in [0.2, 0.25) is 5.91 Å². The predicted octanol–water partition coefficient (Wildman–Crippen LogP) is 4.51. The fourth-order valence-corrected chi connectivity index (χ4v) is 4.99. The third-order valence-electron chi connectivity index (χ3n) is 6.20. The van der Waals surface area contributed by atoms with Crippen LogP contribution < -0.4 is 4.74 Å². The van der Waals surface area contributed by atoms with Gasteiger partial charge in [-0.05, 0) is 60.0 Å². The molecule has 0 fully saturated rings. The summed E-state index contributed by atoms with van der Waals surface area (Å²) < 4.78 is 19.2. The number of ether oxygens (including phenoxy) is 1. The zero-order valence-corrected chi connectivity index (χ0v) is 20.1. The molecule has 7 heteroatoms. The number of carbonyl (C=O) groups excluding carboxylic acids is 1. The summed E-state index contributed by atoms with van der Waals surface area (Å²) in [5, 5.41) is 12.3. The first-order valence-electron chi connectivity index (χ1n) is 11.6. The smallest absolute Gasteiger partial charge is 0.237 e. The lowest BCUT2D eigenvalue weighted by Gasteiger charge is -2.37. The van der Waals surface area contributed by atoms with E-state index in [1.54, 1.807) is 23.5 Å². The predicted molar refractivity (Wildman–Crippen MR) is 127 cm³/mol. The van der Waals surface area contributed by atoms with Crippen molar-refractivity contribution in [1.82, 2.24) is 9.80 Å². The van der Waals surface area contributed by atoms with Gasteiger partial charge in [0.05, 0.1) is 18.7 Å². The highest BCUT2D eigenvalue weighted by Crippen LogP contribution is 2.34. The summed E-state index contributed by atoms with van der Waals surface area (Å²) >= 11 is 1.72. The van der Waals surface area contributed by atoms with Crippen molar-refractivity contribution in [3.63, 3.8) is 0 Å². The molecule has 1 aliphatic rings. The van der Waals surface area contributed by atoms with Crippen molar-refractivity contribution in [3.05, 3.63) is 52.0 Å². The molecule has 1 aromatic carbocycles. The molecule has 3 atom stereocenters. The first kappa shape index (κ1) is 24.7. The number of thiophene rings is 1. The number of carbonyl (C=O) groups is 1. The van der Waals surface area contributed by atoms with Crippen LogP contribution in [0.2, 0.25) is 0 Å². The molecule has 0 radical (unpaired) electrons. The van der Waals surface area contributed by atoms with E-state index in [1.807, 2.05) is 11.8 Å². The van der Waals surface area contributed by atoms with Gasteiger partial charge < -0.3 is 14.7 Å². The Hall–Kier alpha value is -1.96. The first-order chi connectivity index (χ1) is 15.4. The van der Waals surface area contributed by atoms with Crippen LogP contribution in [-0.4, -0.2) is 59.7 Å². The summed E-state index contributed by atoms with van der Waals surface area (Å²) in [5.41, 5.74) is 1.14. The zero-order valence-electron chi connectivity index (χ0n) is 19.3. The van der Waals surface area contributed by atoms with E-state index in [0.29, 0.717) is 37.8 Å². The van der Waals surface area contributed by atoms with Gasteiger partial charge in [0.1, 0.15) is 18.2 Å². The molecular formula is C25H35FN2O3S. The topological polar surface area (TPSA) is 53.0 Å². The van der Waals surface area contributed by atoms with Crippen LogP contribution in [0.15, 0.2) is 35.7 Å². The fraction of sp³-hybridized carbons (Fsp3) is 0.560. The number of aliphatic hydroxyl groups excluding tert-OH is 1. The molecule has 2 aromatic rings. The van der Waals surface area contributed by atoms with Gasteiger partial charge in [-0.2, -0.15) is 0 Å². The summed E-state index contributed by atoms with van der Waals surface area (Å²) in [7, 11) is 0. The molecule has 1 N–H and O–H groups in total. The van der Waals surface area contributed by atoms with Gasteiger partial charge in [0.15, 0.2) is 0 Å². The van der Waals surface area contributed by atoms with Crippen LogP contribution in [0.25, 0.3) is 0 Å². The Morgan fingerprint density at radius 3 is 2.69 bits per heavy atom. The molecule has 176 valence electrons. The third kappa shape index (κ3) is 6.53. The lowest BCUT2D eigenvalue weighted by atomic mass is 10.00. The Kier molecular flexibility index (Phi) is 9.08. The highest BCUT2D eigenvalue weighted by molar-refractivity contribution is 7.10. The van der Waals surface area contributed by atoms with Crippen molar-refractivity contribution < 1.29 is 19.0 Å². The zero-order chi connectivity index (χ0) is 23.1. The first-order valence-corrected chi connectivity index (χ1v) is 12.4. The average Bonchev–Trinajstić information content (AvgIpc) is 3.27. The Labute approximate surface area is 194 Å². The van der Waals surface area contributed by atoms with Crippen LogP contribution >= 0.6 is 11.3 Å². The van der Waals surface area contributed by atoms with Gasteiger partial charge in [-0.1, -0.05) is 27.2 Å². The Morgan fingerprint density at radius 2 is 2.00 bits per heavy atom. The lowest BCUT2D eigenvalue weighted by Crippen LogP contribution is -2.48. The number of hydrogen-bond acceptors (Lipinski definition) is 5. The van der Waals surface area contributed by atoms with Crippen molar-refractivity contribution in [3.8, 4) is 5.75 Å². The molecule has 32 heavy (non-hydrogen) atoms. The molecule has 1 aliphatic heterocycles. The van der Waals surface area contributed by atoms with E-state index < -0.39 is 6.10 Å². The van der Waals surface area contributed by atoms with Gasteiger partial charge in [-0.3, -0.25) is 9.69 Å². The number of amides is 1. The van der Waals surface area contributed by atoms with E-state index in [4.69, 9.17) is 4.74 Å². The number of hydrogen-bond donors (Lipinski definition) is 1. The van der Waals surface area contributed by atoms with Gasteiger partial charge in [0.25, 0.3) is 0 Å².